The van der Waals surface area contributed by atoms with Gasteiger partial charge in [0.25, 0.3) is 0 Å². The van der Waals surface area contributed by atoms with Crippen molar-refractivity contribution in [3.63, 3.8) is 0 Å². The Morgan fingerprint density at radius 3 is 2.47 bits per heavy atom. The van der Waals surface area contributed by atoms with Crippen LogP contribution < -0.4 is 5.32 Å². The van der Waals surface area contributed by atoms with Crippen LogP contribution in [0.2, 0.25) is 0 Å². The highest BCUT2D eigenvalue weighted by molar-refractivity contribution is 5.14. The Kier molecular flexibility index (Phi) is 5.37. The zero-order valence-corrected chi connectivity index (χ0v) is 10.0. The minimum Gasteiger partial charge on any atom is -0.318 e. The highest BCUT2D eigenvalue weighted by atomic mass is 15.2. The molecule has 0 spiro atoms. The summed E-state index contributed by atoms with van der Waals surface area (Å²) in [5.41, 5.74) is 1.39. The third-order valence-electron chi connectivity index (χ3n) is 2.76. The van der Waals surface area contributed by atoms with Gasteiger partial charge in [0.15, 0.2) is 0 Å². The van der Waals surface area contributed by atoms with E-state index in [1.165, 1.54) is 5.56 Å². The lowest BCUT2D eigenvalue weighted by molar-refractivity contribution is 0.208. The van der Waals surface area contributed by atoms with Gasteiger partial charge >= 0.3 is 0 Å². The van der Waals surface area contributed by atoms with Crippen molar-refractivity contribution < 1.29 is 0 Å². The van der Waals surface area contributed by atoms with Crippen LogP contribution in [0.5, 0.6) is 0 Å². The molecule has 0 bridgehead atoms. The van der Waals surface area contributed by atoms with Gasteiger partial charge < -0.3 is 5.32 Å². The number of nitrogens with zero attached hydrogens (tertiary/aromatic N) is 1. The molecule has 84 valence electrons. The van der Waals surface area contributed by atoms with Gasteiger partial charge in [0.1, 0.15) is 0 Å². The molecule has 15 heavy (non-hydrogen) atoms. The molecular formula is C13H22N2. The molecule has 0 aliphatic carbocycles. The predicted molar refractivity (Wildman–Crippen MR) is 65.9 cm³/mol. The Morgan fingerprint density at radius 1 is 1.27 bits per heavy atom. The van der Waals surface area contributed by atoms with Crippen molar-refractivity contribution in [1.82, 2.24) is 10.2 Å². The van der Waals surface area contributed by atoms with Crippen LogP contribution in [0.15, 0.2) is 30.3 Å². The topological polar surface area (TPSA) is 15.3 Å². The summed E-state index contributed by atoms with van der Waals surface area (Å²) in [5.74, 6) is 0. The van der Waals surface area contributed by atoms with E-state index >= 15 is 0 Å². The first-order valence-corrected chi connectivity index (χ1v) is 5.70. The van der Waals surface area contributed by atoms with Gasteiger partial charge in [-0.15, -0.1) is 0 Å². The number of nitrogens with one attached hydrogen (secondary N) is 1. The lowest BCUT2D eigenvalue weighted by Crippen LogP contribution is -2.38. The van der Waals surface area contributed by atoms with Gasteiger partial charge in [-0.25, -0.2) is 0 Å². The average molecular weight is 206 g/mol. The minimum atomic E-state index is 0.584. The molecule has 1 atom stereocenters. The second-order valence-corrected chi connectivity index (χ2v) is 3.96. The summed E-state index contributed by atoms with van der Waals surface area (Å²) in [7, 11) is 2.01. The molecule has 0 heterocycles. The first-order chi connectivity index (χ1) is 7.27. The van der Waals surface area contributed by atoms with Crippen LogP contribution in [-0.2, 0) is 6.54 Å². The van der Waals surface area contributed by atoms with Crippen LogP contribution >= 0.6 is 0 Å². The third kappa shape index (κ3) is 4.02. The van der Waals surface area contributed by atoms with E-state index in [4.69, 9.17) is 0 Å². The second kappa shape index (κ2) is 6.59. The molecule has 0 radical (unpaired) electrons. The Bertz CT molecular complexity index is 258. The minimum absolute atomic E-state index is 0.584. The molecule has 0 fully saturated rings. The number of rotatable bonds is 6. The first kappa shape index (κ1) is 12.2. The fourth-order valence-corrected chi connectivity index (χ4v) is 1.82. The van der Waals surface area contributed by atoms with Gasteiger partial charge in [0, 0.05) is 19.1 Å². The summed E-state index contributed by atoms with van der Waals surface area (Å²) in [5, 5.41) is 3.23. The van der Waals surface area contributed by atoms with Gasteiger partial charge in [-0.1, -0.05) is 37.3 Å². The molecule has 0 aliphatic rings. The van der Waals surface area contributed by atoms with E-state index in [1.807, 2.05) is 7.05 Å². The Morgan fingerprint density at radius 2 is 1.93 bits per heavy atom. The molecule has 0 aliphatic heterocycles. The number of hydrogen-bond donors (Lipinski definition) is 1. The van der Waals surface area contributed by atoms with Crippen LogP contribution in [0.1, 0.15) is 19.4 Å². The zero-order valence-electron chi connectivity index (χ0n) is 10.0. The smallest absolute Gasteiger partial charge is 0.0236 e. The Balaban J connectivity index is 2.53. The molecule has 1 N–H and O–H groups in total. The molecule has 1 aromatic rings. The fraction of sp³-hybridized carbons (Fsp3) is 0.538. The summed E-state index contributed by atoms with van der Waals surface area (Å²) >= 11 is 0. The van der Waals surface area contributed by atoms with Crippen molar-refractivity contribution in [1.29, 1.82) is 0 Å². The molecule has 1 aromatic carbocycles. The van der Waals surface area contributed by atoms with Gasteiger partial charge in [0.2, 0.25) is 0 Å². The molecule has 1 rings (SSSR count). The van der Waals surface area contributed by atoms with Crippen LogP contribution in [0, 0.1) is 0 Å². The van der Waals surface area contributed by atoms with Gasteiger partial charge in [-0.2, -0.15) is 0 Å². The van der Waals surface area contributed by atoms with Crippen molar-refractivity contribution >= 4 is 0 Å². The predicted octanol–water partition coefficient (Wildman–Crippen LogP) is 2.12. The van der Waals surface area contributed by atoms with Crippen molar-refractivity contribution in [2.75, 3.05) is 20.1 Å². The van der Waals surface area contributed by atoms with E-state index in [0.29, 0.717) is 6.04 Å². The van der Waals surface area contributed by atoms with E-state index in [-0.39, 0.29) is 0 Å². The molecule has 0 amide bonds. The summed E-state index contributed by atoms with van der Waals surface area (Å²) in [6.45, 7) is 7.66. The molecule has 0 saturated carbocycles. The number of benzene rings is 1. The van der Waals surface area contributed by atoms with Crippen LogP contribution in [-0.4, -0.2) is 31.1 Å². The normalized spacial score (nSPS) is 13.1. The average Bonchev–Trinajstić information content (AvgIpc) is 2.27. The molecular weight excluding hydrogens is 184 g/mol. The lowest BCUT2D eigenvalue weighted by Gasteiger charge is -2.27. The van der Waals surface area contributed by atoms with Gasteiger partial charge in [0.05, 0.1) is 0 Å². The van der Waals surface area contributed by atoms with Crippen molar-refractivity contribution in [2.45, 2.75) is 26.4 Å². The van der Waals surface area contributed by atoms with Gasteiger partial charge in [-0.05, 0) is 26.1 Å². The van der Waals surface area contributed by atoms with Crippen LogP contribution in [0.25, 0.3) is 0 Å². The van der Waals surface area contributed by atoms with E-state index in [0.717, 1.165) is 19.6 Å². The maximum atomic E-state index is 3.23. The number of likely N-dealkylation sites (N-methyl/N-ethyl adjacent to an activating group) is 2. The number of hydrogen-bond acceptors (Lipinski definition) is 2. The lowest BCUT2D eigenvalue weighted by atomic mass is 10.2. The maximum absolute atomic E-state index is 3.23. The summed E-state index contributed by atoms with van der Waals surface area (Å²) in [6, 6.07) is 11.2. The Labute approximate surface area is 93.3 Å². The summed E-state index contributed by atoms with van der Waals surface area (Å²) in [4.78, 5) is 2.48. The van der Waals surface area contributed by atoms with Crippen molar-refractivity contribution in [3.8, 4) is 0 Å². The monoisotopic (exact) mass is 206 g/mol. The van der Waals surface area contributed by atoms with Gasteiger partial charge in [-0.3, -0.25) is 4.90 Å². The Hall–Kier alpha value is -0.860. The fourth-order valence-electron chi connectivity index (χ4n) is 1.82. The SMILES string of the molecule is CCN(Cc1ccccc1)C(C)CNC. The second-order valence-electron chi connectivity index (χ2n) is 3.96. The van der Waals surface area contributed by atoms with Crippen molar-refractivity contribution in [3.05, 3.63) is 35.9 Å². The first-order valence-electron chi connectivity index (χ1n) is 5.70. The van der Waals surface area contributed by atoms with Crippen LogP contribution in [0.3, 0.4) is 0 Å². The highest BCUT2D eigenvalue weighted by Crippen LogP contribution is 2.07. The van der Waals surface area contributed by atoms with Crippen LogP contribution in [0.4, 0.5) is 0 Å². The quantitative estimate of drug-likeness (QED) is 0.767. The molecule has 1 unspecified atom stereocenters. The summed E-state index contributed by atoms with van der Waals surface area (Å²) < 4.78 is 0. The molecule has 2 heteroatoms. The zero-order chi connectivity index (χ0) is 11.1. The van der Waals surface area contributed by atoms with E-state index < -0.39 is 0 Å². The highest BCUT2D eigenvalue weighted by Gasteiger charge is 2.10. The molecule has 2 nitrogen and oxygen atoms in total. The largest absolute Gasteiger partial charge is 0.318 e. The molecule has 0 saturated heterocycles. The summed E-state index contributed by atoms with van der Waals surface area (Å²) in [6.07, 6.45) is 0. The van der Waals surface area contributed by atoms with Crippen molar-refractivity contribution in [2.24, 2.45) is 0 Å². The third-order valence-corrected chi connectivity index (χ3v) is 2.76. The van der Waals surface area contributed by atoms with E-state index in [2.05, 4.69) is 54.4 Å². The maximum Gasteiger partial charge on any atom is 0.0236 e. The molecule has 0 aromatic heterocycles. The van der Waals surface area contributed by atoms with E-state index in [1.54, 1.807) is 0 Å². The van der Waals surface area contributed by atoms with E-state index in [9.17, 15) is 0 Å². The standard InChI is InChI=1S/C13H22N2/c1-4-15(12(2)10-14-3)11-13-8-6-5-7-9-13/h5-9,12,14H,4,10-11H2,1-3H3.